The Morgan fingerprint density at radius 2 is 1.62 bits per heavy atom. The highest BCUT2D eigenvalue weighted by atomic mass is 16.6. The molecule has 2 aromatic carbocycles. The number of anilines is 2. The number of carboxylic acid groups (broad SMARTS) is 1. The number of imidazole rings is 1. The maximum Gasteiger partial charge on any atom is 0.421 e. The number of hydrogen-bond donors (Lipinski definition) is 4. The number of benzene rings is 2. The second-order valence-corrected chi connectivity index (χ2v) is 12.9. The number of carbonyl (C=O) groups is 3. The van der Waals surface area contributed by atoms with Gasteiger partial charge in [-0.15, -0.1) is 0 Å². The lowest BCUT2D eigenvalue weighted by atomic mass is 9.74. The molecule has 0 radical (unpaired) electrons. The van der Waals surface area contributed by atoms with E-state index >= 15 is 0 Å². The van der Waals surface area contributed by atoms with E-state index in [0.29, 0.717) is 22.5 Å². The highest BCUT2D eigenvalue weighted by Crippen LogP contribution is 2.29. The Balaban J connectivity index is 1.37. The van der Waals surface area contributed by atoms with Crippen molar-refractivity contribution in [3.63, 3.8) is 0 Å². The third-order valence-electron chi connectivity index (χ3n) is 7.71. The Morgan fingerprint density at radius 3 is 2.19 bits per heavy atom. The number of fused-ring (bicyclic) bond motifs is 1. The van der Waals surface area contributed by atoms with Gasteiger partial charge in [-0.1, -0.05) is 32.9 Å². The van der Waals surface area contributed by atoms with Gasteiger partial charge in [-0.25, -0.2) is 14.3 Å². The number of aromatic nitrogens is 2. The zero-order chi connectivity index (χ0) is 30.9. The molecule has 4 rings (SSSR count). The number of aliphatic carboxylic acids is 1. The molecule has 1 aromatic heterocycles. The van der Waals surface area contributed by atoms with Gasteiger partial charge in [0.25, 0.3) is 5.91 Å². The quantitative estimate of drug-likeness (QED) is 0.318. The molecule has 0 bridgehead atoms. The third-order valence-corrected chi connectivity index (χ3v) is 7.71. The number of carboxylic acids is 1. The molecule has 0 spiro atoms. The molecule has 0 saturated carbocycles. The molecule has 5 N–H and O–H groups in total. The van der Waals surface area contributed by atoms with Gasteiger partial charge >= 0.3 is 12.1 Å². The smallest absolute Gasteiger partial charge is 0.421 e. The first-order valence-electron chi connectivity index (χ1n) is 14.2. The summed E-state index contributed by atoms with van der Waals surface area (Å²) in [6.07, 6.45) is 1.17. The molecule has 1 fully saturated rings. The number of para-hydroxylation sites is 2. The van der Waals surface area contributed by atoms with Crippen molar-refractivity contribution in [2.45, 2.75) is 71.6 Å². The normalized spacial score (nSPS) is 16.1. The minimum absolute atomic E-state index is 0.109. The Labute approximate surface area is 246 Å². The molecule has 226 valence electrons. The summed E-state index contributed by atoms with van der Waals surface area (Å²) in [5.74, 6) is -1.07. The van der Waals surface area contributed by atoms with Crippen LogP contribution in [0.15, 0.2) is 48.5 Å². The number of nitrogens with zero attached hydrogens (tertiary/aromatic N) is 3. The van der Waals surface area contributed by atoms with Gasteiger partial charge in [-0.2, -0.15) is 0 Å². The summed E-state index contributed by atoms with van der Waals surface area (Å²) in [5, 5.41) is 15.8. The molecule has 0 unspecified atom stereocenters. The fourth-order valence-electron chi connectivity index (χ4n) is 4.89. The van der Waals surface area contributed by atoms with Crippen molar-refractivity contribution < 1.29 is 24.2 Å². The summed E-state index contributed by atoms with van der Waals surface area (Å²) in [4.78, 5) is 44.5. The van der Waals surface area contributed by atoms with Crippen LogP contribution in [0.1, 0.15) is 64.7 Å². The summed E-state index contributed by atoms with van der Waals surface area (Å²) in [6, 6.07) is 14.8. The second-order valence-electron chi connectivity index (χ2n) is 12.9. The first-order chi connectivity index (χ1) is 19.6. The largest absolute Gasteiger partial charge is 0.480 e. The lowest BCUT2D eigenvalue weighted by Crippen LogP contribution is -2.63. The van der Waals surface area contributed by atoms with Crippen molar-refractivity contribution in [1.29, 1.82) is 0 Å². The van der Waals surface area contributed by atoms with Gasteiger partial charge in [-0.3, -0.25) is 9.59 Å². The Bertz CT molecular complexity index is 1450. The average Bonchev–Trinajstić information content (AvgIpc) is 3.28. The van der Waals surface area contributed by atoms with Crippen LogP contribution in [0.2, 0.25) is 0 Å². The van der Waals surface area contributed by atoms with Crippen molar-refractivity contribution >= 4 is 40.6 Å². The fourth-order valence-corrected chi connectivity index (χ4v) is 4.89. The van der Waals surface area contributed by atoms with Crippen molar-refractivity contribution in [2.24, 2.45) is 11.1 Å². The first-order valence-corrected chi connectivity index (χ1v) is 14.2. The molecular formula is C31H42N6O5. The predicted octanol–water partition coefficient (Wildman–Crippen LogP) is 4.46. The molecule has 42 heavy (non-hydrogen) atoms. The first kappa shape index (κ1) is 30.8. The van der Waals surface area contributed by atoms with E-state index in [1.807, 2.05) is 57.2 Å². The van der Waals surface area contributed by atoms with E-state index in [2.05, 4.69) is 20.5 Å². The van der Waals surface area contributed by atoms with E-state index in [0.717, 1.165) is 31.6 Å². The number of carbonyl (C=O) groups excluding carboxylic acids is 2. The van der Waals surface area contributed by atoms with Crippen molar-refractivity contribution in [3.8, 4) is 0 Å². The predicted molar refractivity (Wildman–Crippen MR) is 163 cm³/mol. The van der Waals surface area contributed by atoms with Crippen LogP contribution in [-0.4, -0.2) is 69.4 Å². The second kappa shape index (κ2) is 11.6. The van der Waals surface area contributed by atoms with Gasteiger partial charge in [0.05, 0.1) is 11.0 Å². The maximum atomic E-state index is 13.1. The van der Waals surface area contributed by atoms with E-state index in [1.165, 1.54) is 4.57 Å². The van der Waals surface area contributed by atoms with E-state index in [9.17, 15) is 19.5 Å². The minimum atomic E-state index is -1.60. The molecule has 1 aliphatic rings. The molecule has 11 heteroatoms. The van der Waals surface area contributed by atoms with Crippen LogP contribution in [-0.2, 0) is 9.53 Å². The number of nitrogens with two attached hydrogens (primary N) is 1. The number of rotatable bonds is 7. The van der Waals surface area contributed by atoms with E-state index in [4.69, 9.17) is 10.5 Å². The average molecular weight is 579 g/mol. The van der Waals surface area contributed by atoms with Crippen LogP contribution in [0, 0.1) is 5.41 Å². The molecule has 1 saturated heterocycles. The maximum absolute atomic E-state index is 13.1. The van der Waals surface area contributed by atoms with Crippen LogP contribution in [0.4, 0.5) is 16.4 Å². The highest BCUT2D eigenvalue weighted by molar-refractivity contribution is 5.95. The number of ether oxygens (including phenoxy) is 1. The monoisotopic (exact) mass is 578 g/mol. The molecule has 1 atom stereocenters. The zero-order valence-electron chi connectivity index (χ0n) is 25.2. The molecular weight excluding hydrogens is 536 g/mol. The van der Waals surface area contributed by atoms with Crippen LogP contribution < -0.4 is 21.3 Å². The van der Waals surface area contributed by atoms with Gasteiger partial charge in [-0.05, 0) is 75.4 Å². The SMILES string of the molecule is CC(C)(C)OC(=O)n1c(NC2CCN(c3ccc(C(=O)NC[C@](N)(C(=O)O)C(C)(C)C)cc3)CC2)nc2ccccc21. The van der Waals surface area contributed by atoms with Gasteiger partial charge < -0.3 is 31.1 Å². The van der Waals surface area contributed by atoms with Gasteiger partial charge in [0, 0.05) is 36.9 Å². The number of hydrogen-bond acceptors (Lipinski definition) is 8. The van der Waals surface area contributed by atoms with Gasteiger partial charge in [0.15, 0.2) is 0 Å². The Hall–Kier alpha value is -4.12. The van der Waals surface area contributed by atoms with Gasteiger partial charge in [0.2, 0.25) is 5.95 Å². The summed E-state index contributed by atoms with van der Waals surface area (Å²) < 4.78 is 7.16. The summed E-state index contributed by atoms with van der Waals surface area (Å²) in [5.41, 5.74) is 5.97. The van der Waals surface area contributed by atoms with Crippen molar-refractivity contribution in [3.05, 3.63) is 54.1 Å². The van der Waals surface area contributed by atoms with Crippen molar-refractivity contribution in [1.82, 2.24) is 14.9 Å². The van der Waals surface area contributed by atoms with Crippen LogP contribution in [0.5, 0.6) is 0 Å². The molecule has 3 aromatic rings. The number of piperidine rings is 1. The molecule has 2 heterocycles. The third kappa shape index (κ3) is 6.67. The Morgan fingerprint density at radius 1 is 1.00 bits per heavy atom. The topological polar surface area (TPSA) is 152 Å². The zero-order valence-corrected chi connectivity index (χ0v) is 25.2. The van der Waals surface area contributed by atoms with Crippen LogP contribution in [0.3, 0.4) is 0 Å². The van der Waals surface area contributed by atoms with Crippen molar-refractivity contribution in [2.75, 3.05) is 29.9 Å². The van der Waals surface area contributed by atoms with E-state index < -0.39 is 28.6 Å². The molecule has 1 aliphatic heterocycles. The van der Waals surface area contributed by atoms with Gasteiger partial charge in [0.1, 0.15) is 11.1 Å². The Kier molecular flexibility index (Phi) is 8.54. The van der Waals surface area contributed by atoms with Crippen LogP contribution >= 0.6 is 0 Å². The molecule has 11 nitrogen and oxygen atoms in total. The lowest BCUT2D eigenvalue weighted by Gasteiger charge is -2.37. The fraction of sp³-hybridized carbons (Fsp3) is 0.484. The summed E-state index contributed by atoms with van der Waals surface area (Å²) in [7, 11) is 0. The highest BCUT2D eigenvalue weighted by Gasteiger charge is 2.45. The van der Waals surface area contributed by atoms with E-state index in [-0.39, 0.29) is 18.5 Å². The lowest BCUT2D eigenvalue weighted by molar-refractivity contribution is -0.147. The van der Waals surface area contributed by atoms with Crippen LogP contribution in [0.25, 0.3) is 11.0 Å². The molecule has 0 aliphatic carbocycles. The van der Waals surface area contributed by atoms with E-state index in [1.54, 1.807) is 32.9 Å². The minimum Gasteiger partial charge on any atom is -0.480 e. The molecule has 1 amide bonds. The summed E-state index contributed by atoms with van der Waals surface area (Å²) >= 11 is 0. The number of amides is 1. The summed E-state index contributed by atoms with van der Waals surface area (Å²) in [6.45, 7) is 12.1. The number of nitrogens with one attached hydrogen (secondary N) is 2. The standard InChI is InChI=1S/C31H42N6O5/c1-29(2,3)31(32,26(39)40)19-33-25(38)20-11-13-22(14-12-20)36-17-15-21(16-18-36)34-27-35-23-9-7-8-10-24(23)37(27)28(41)42-30(4,5)6/h7-14,21H,15-19,32H2,1-6H3,(H,33,38)(H,34,35)(H,39,40)/t31-/m0/s1.